The number of hydrogen-bond donors (Lipinski definition) is 1. The minimum Gasteiger partial charge on any atom is -0.474 e. The van der Waals surface area contributed by atoms with E-state index in [1.807, 2.05) is 62.0 Å². The van der Waals surface area contributed by atoms with Crippen molar-refractivity contribution in [2.75, 3.05) is 33.2 Å². The molecule has 0 bridgehead atoms. The lowest BCUT2D eigenvalue weighted by atomic mass is 10.0. The highest BCUT2D eigenvalue weighted by Gasteiger charge is 2.46. The molecule has 3 unspecified atom stereocenters. The Balaban J connectivity index is 0.00000204. The summed E-state index contributed by atoms with van der Waals surface area (Å²) >= 11 is 0. The van der Waals surface area contributed by atoms with Crippen molar-refractivity contribution in [1.82, 2.24) is 20.0 Å². The molecule has 3 heterocycles. The first-order valence-corrected chi connectivity index (χ1v) is 15.2. The highest BCUT2D eigenvalue weighted by molar-refractivity contribution is 7.10. The van der Waals surface area contributed by atoms with E-state index in [2.05, 4.69) is 28.9 Å². The first-order valence-electron chi connectivity index (χ1n) is 14.7. The van der Waals surface area contributed by atoms with Gasteiger partial charge in [0.2, 0.25) is 5.78 Å². The molecule has 4 rings (SSSR count). The van der Waals surface area contributed by atoms with Crippen LogP contribution in [0.15, 0.2) is 47.4 Å². The van der Waals surface area contributed by atoms with E-state index in [4.69, 9.17) is 4.52 Å². The number of Topliss-reactive ketones (excluding diaryl/α,β-unsaturated/α-hetero) is 1. The number of allylic oxidation sites excluding steroid dienone is 3. The lowest BCUT2D eigenvalue weighted by Crippen LogP contribution is -2.65. The SMILES string of the molecule is C.C=C(C(=O)NCC1=CCCCC=C1)C(=O)/C(OP)=C1/C(=O)N2CCC3CCCN3C2CN1C.CC.CC.CC. The second kappa shape index (κ2) is 19.6. The Labute approximate surface area is 246 Å². The average Bonchev–Trinajstić information content (AvgIpc) is 3.32. The molecule has 0 aromatic rings. The number of carbonyl (C=O) groups is 3. The van der Waals surface area contributed by atoms with Crippen LogP contribution in [0.4, 0.5) is 0 Å². The zero-order valence-corrected chi connectivity index (χ0v) is 26.4. The Bertz CT molecular complexity index is 944. The van der Waals surface area contributed by atoms with E-state index in [-0.39, 0.29) is 36.5 Å². The van der Waals surface area contributed by atoms with E-state index in [9.17, 15) is 14.4 Å². The molecule has 0 saturated carbocycles. The van der Waals surface area contributed by atoms with E-state index < -0.39 is 11.7 Å². The number of amides is 2. The van der Waals surface area contributed by atoms with E-state index in [1.165, 1.54) is 6.42 Å². The molecule has 40 heavy (non-hydrogen) atoms. The lowest BCUT2D eigenvalue weighted by molar-refractivity contribution is -0.146. The Morgan fingerprint density at radius 1 is 1.07 bits per heavy atom. The minimum absolute atomic E-state index is 0. The van der Waals surface area contributed by atoms with Gasteiger partial charge < -0.3 is 19.6 Å². The maximum absolute atomic E-state index is 13.4. The van der Waals surface area contributed by atoms with Crippen LogP contribution in [0.2, 0.25) is 0 Å². The number of nitrogens with zero attached hydrogens (tertiary/aromatic N) is 3. The summed E-state index contributed by atoms with van der Waals surface area (Å²) in [5.41, 5.74) is 0.924. The third kappa shape index (κ3) is 9.04. The van der Waals surface area contributed by atoms with Crippen LogP contribution in [0.25, 0.3) is 0 Å². The molecule has 0 radical (unpaired) electrons. The van der Waals surface area contributed by atoms with Crippen molar-refractivity contribution in [3.63, 3.8) is 0 Å². The van der Waals surface area contributed by atoms with Crippen LogP contribution in [0.3, 0.4) is 0 Å². The highest BCUT2D eigenvalue weighted by Crippen LogP contribution is 2.34. The number of rotatable bonds is 6. The van der Waals surface area contributed by atoms with Gasteiger partial charge in [-0.2, -0.15) is 0 Å². The van der Waals surface area contributed by atoms with Crippen molar-refractivity contribution in [2.24, 2.45) is 0 Å². The molecular weight excluding hydrogens is 523 g/mol. The molecule has 3 fully saturated rings. The van der Waals surface area contributed by atoms with E-state index in [1.54, 1.807) is 11.9 Å². The van der Waals surface area contributed by atoms with Crippen LogP contribution in [0.1, 0.15) is 87.5 Å². The summed E-state index contributed by atoms with van der Waals surface area (Å²) in [6, 6.07) is 0.527. The smallest absolute Gasteiger partial charge is 0.275 e. The summed E-state index contributed by atoms with van der Waals surface area (Å²) in [6.45, 7) is 18.3. The molecule has 3 saturated heterocycles. The minimum atomic E-state index is -0.683. The van der Waals surface area contributed by atoms with Crippen LogP contribution in [0, 0.1) is 0 Å². The zero-order chi connectivity index (χ0) is 29.5. The maximum atomic E-state index is 13.4. The number of nitrogens with one attached hydrogen (secondary N) is 1. The van der Waals surface area contributed by atoms with Gasteiger partial charge >= 0.3 is 0 Å². The van der Waals surface area contributed by atoms with E-state index in [0.29, 0.717) is 25.7 Å². The van der Waals surface area contributed by atoms with Crippen LogP contribution >= 0.6 is 9.47 Å². The van der Waals surface area contributed by atoms with Gasteiger partial charge in [0.1, 0.15) is 11.9 Å². The standard InChI is InChI=1S/C24H33N4O4P.3C2H6.CH4/c1-16(23(30)25-14-17-8-5-3-4-6-9-17)21(29)22(32-33)20-24(31)28-13-11-18-10-7-12-27(18)19(28)15-26(20)2;3*1-2;/h5,8-9,18-19H,1,3-4,6-7,10-15,33H2,2H3,(H,25,30);3*1-2H3;1H4/b22-20+;;;;. The molecular formula is C31H55N4O4P. The molecule has 2 amide bonds. The van der Waals surface area contributed by atoms with Gasteiger partial charge in [0.15, 0.2) is 5.76 Å². The lowest BCUT2D eigenvalue weighted by Gasteiger charge is -2.50. The number of ketones is 1. The Kier molecular flexibility index (Phi) is 18.4. The molecule has 4 aliphatic rings. The quantitative estimate of drug-likeness (QED) is 0.145. The second-order valence-corrected chi connectivity index (χ2v) is 9.32. The molecule has 8 nitrogen and oxygen atoms in total. The Hall–Kier alpha value is -2.44. The predicted molar refractivity (Wildman–Crippen MR) is 169 cm³/mol. The van der Waals surface area contributed by atoms with E-state index >= 15 is 0 Å². The maximum Gasteiger partial charge on any atom is 0.275 e. The fourth-order valence-corrected chi connectivity index (χ4v) is 5.44. The summed E-state index contributed by atoms with van der Waals surface area (Å²) in [5.74, 6) is -1.66. The van der Waals surface area contributed by atoms with Crippen LogP contribution < -0.4 is 5.32 Å². The van der Waals surface area contributed by atoms with Crippen molar-refractivity contribution in [1.29, 1.82) is 0 Å². The first kappa shape index (κ1) is 37.6. The molecule has 9 heteroatoms. The molecule has 3 aliphatic heterocycles. The van der Waals surface area contributed by atoms with Gasteiger partial charge in [-0.25, -0.2) is 0 Å². The number of likely N-dealkylation sites (N-methyl/N-ethyl adjacent to an activating group) is 1. The van der Waals surface area contributed by atoms with Crippen molar-refractivity contribution < 1.29 is 18.9 Å². The third-order valence-electron chi connectivity index (χ3n) is 7.00. The molecule has 1 aliphatic carbocycles. The number of carbonyl (C=O) groups excluding carboxylic acids is 3. The largest absolute Gasteiger partial charge is 0.474 e. The number of fused-ring (bicyclic) bond motifs is 3. The average molecular weight is 579 g/mol. The Morgan fingerprint density at radius 2 is 1.75 bits per heavy atom. The summed E-state index contributed by atoms with van der Waals surface area (Å²) in [4.78, 5) is 45.3. The van der Waals surface area contributed by atoms with Crippen molar-refractivity contribution in [3.8, 4) is 0 Å². The summed E-state index contributed by atoms with van der Waals surface area (Å²) in [7, 11) is 3.82. The summed E-state index contributed by atoms with van der Waals surface area (Å²) in [5, 5.41) is 2.76. The molecule has 0 aromatic carbocycles. The van der Waals surface area contributed by atoms with Gasteiger partial charge in [-0.05, 0) is 44.1 Å². The molecule has 1 N–H and O–H groups in total. The summed E-state index contributed by atoms with van der Waals surface area (Å²) in [6.07, 6.45) is 12.5. The normalized spacial score (nSPS) is 22.5. The first-order chi connectivity index (χ1) is 18.9. The number of piperazine rings is 1. The van der Waals surface area contributed by atoms with Crippen molar-refractivity contribution >= 4 is 27.1 Å². The predicted octanol–water partition coefficient (Wildman–Crippen LogP) is 5.60. The zero-order valence-electron chi connectivity index (χ0n) is 25.2. The Morgan fingerprint density at radius 3 is 2.40 bits per heavy atom. The van der Waals surface area contributed by atoms with Gasteiger partial charge in [-0.3, -0.25) is 19.3 Å². The highest BCUT2D eigenvalue weighted by atomic mass is 31.0. The van der Waals surface area contributed by atoms with Gasteiger partial charge in [-0.1, -0.05) is 73.8 Å². The number of hydrogen-bond acceptors (Lipinski definition) is 6. The van der Waals surface area contributed by atoms with Gasteiger partial charge in [0, 0.05) is 32.7 Å². The molecule has 0 aromatic heterocycles. The molecule has 3 atom stereocenters. The molecule has 228 valence electrons. The van der Waals surface area contributed by atoms with Crippen LogP contribution in [-0.4, -0.2) is 77.7 Å². The third-order valence-corrected chi connectivity index (χ3v) is 7.24. The van der Waals surface area contributed by atoms with Gasteiger partial charge in [-0.15, -0.1) is 0 Å². The monoisotopic (exact) mass is 578 g/mol. The van der Waals surface area contributed by atoms with Crippen LogP contribution in [0.5, 0.6) is 0 Å². The van der Waals surface area contributed by atoms with Crippen molar-refractivity contribution in [2.45, 2.75) is 99.7 Å². The fraction of sp³-hybridized carbons (Fsp3) is 0.645. The van der Waals surface area contributed by atoms with Gasteiger partial charge in [0.25, 0.3) is 11.8 Å². The topological polar surface area (TPSA) is 82.2 Å². The fourth-order valence-electron chi connectivity index (χ4n) is 5.23. The second-order valence-electron chi connectivity index (χ2n) is 9.08. The summed E-state index contributed by atoms with van der Waals surface area (Å²) < 4.78 is 5.32. The molecule has 0 spiro atoms. The van der Waals surface area contributed by atoms with Gasteiger partial charge in [0.05, 0.1) is 21.6 Å². The van der Waals surface area contributed by atoms with E-state index in [0.717, 1.165) is 44.2 Å². The van der Waals surface area contributed by atoms with Crippen molar-refractivity contribution in [3.05, 3.63) is 47.4 Å². The van der Waals surface area contributed by atoms with Crippen LogP contribution in [-0.2, 0) is 18.9 Å².